The number of piperidine rings is 1. The van der Waals surface area contributed by atoms with E-state index >= 15 is 0 Å². The summed E-state index contributed by atoms with van der Waals surface area (Å²) >= 11 is 0. The second kappa shape index (κ2) is 9.62. The van der Waals surface area contributed by atoms with Crippen molar-refractivity contribution < 1.29 is 9.90 Å². The lowest BCUT2D eigenvalue weighted by molar-refractivity contribution is 0.0946. The normalized spacial score (nSPS) is 17.8. The van der Waals surface area contributed by atoms with Crippen molar-refractivity contribution >= 4 is 5.91 Å². The molecule has 3 rings (SSSR count). The highest BCUT2D eigenvalue weighted by molar-refractivity contribution is 5.91. The second-order valence-electron chi connectivity index (χ2n) is 7.12. The molecule has 2 aromatic rings. The zero-order valence-electron chi connectivity index (χ0n) is 16.0. The molecule has 0 saturated carbocycles. The van der Waals surface area contributed by atoms with Crippen LogP contribution in [-0.4, -0.2) is 57.1 Å². The third-order valence-corrected chi connectivity index (χ3v) is 5.06. The van der Waals surface area contributed by atoms with E-state index < -0.39 is 0 Å². The zero-order valence-corrected chi connectivity index (χ0v) is 16.0. The number of nitrogens with zero attached hydrogens (tertiary/aromatic N) is 4. The van der Waals surface area contributed by atoms with Crippen LogP contribution in [0.15, 0.2) is 30.5 Å². The van der Waals surface area contributed by atoms with Crippen molar-refractivity contribution in [2.24, 2.45) is 0 Å². The standard InChI is InChI=1S/C20H29N5O2/c1-2-16-6-8-17(9-7-16)13-24-11-3-5-18(14-24)25-15-19(22-23-25)20(27)21-10-4-12-26/h6-9,15,18,26H,2-5,10-14H2,1H3,(H,21,27)/t18-/m0/s1. The van der Waals surface area contributed by atoms with Gasteiger partial charge in [0.15, 0.2) is 5.69 Å². The van der Waals surface area contributed by atoms with E-state index in [0.717, 1.165) is 38.9 Å². The van der Waals surface area contributed by atoms with Crippen LogP contribution in [0.4, 0.5) is 0 Å². The number of carbonyl (C=O) groups is 1. The quantitative estimate of drug-likeness (QED) is 0.691. The molecule has 27 heavy (non-hydrogen) atoms. The molecule has 1 atom stereocenters. The number of nitrogens with one attached hydrogen (secondary N) is 1. The summed E-state index contributed by atoms with van der Waals surface area (Å²) < 4.78 is 1.83. The van der Waals surface area contributed by atoms with Crippen molar-refractivity contribution in [3.63, 3.8) is 0 Å². The average molecular weight is 371 g/mol. The van der Waals surface area contributed by atoms with Crippen LogP contribution >= 0.6 is 0 Å². The molecule has 0 unspecified atom stereocenters. The predicted octanol–water partition coefficient (Wildman–Crippen LogP) is 1.79. The van der Waals surface area contributed by atoms with Gasteiger partial charge in [0.1, 0.15) is 0 Å². The summed E-state index contributed by atoms with van der Waals surface area (Å²) in [7, 11) is 0. The smallest absolute Gasteiger partial charge is 0.273 e. The first-order valence-electron chi connectivity index (χ1n) is 9.80. The van der Waals surface area contributed by atoms with Gasteiger partial charge >= 0.3 is 0 Å². The molecular formula is C20H29N5O2. The van der Waals surface area contributed by atoms with E-state index in [0.29, 0.717) is 18.7 Å². The Balaban J connectivity index is 1.56. The molecule has 1 saturated heterocycles. The Kier molecular flexibility index (Phi) is 6.95. The van der Waals surface area contributed by atoms with Crippen molar-refractivity contribution in [3.05, 3.63) is 47.3 Å². The lowest BCUT2D eigenvalue weighted by atomic mass is 10.0. The lowest BCUT2D eigenvalue weighted by Gasteiger charge is -2.32. The molecule has 2 N–H and O–H groups in total. The highest BCUT2D eigenvalue weighted by atomic mass is 16.3. The molecule has 7 nitrogen and oxygen atoms in total. The summed E-state index contributed by atoms with van der Waals surface area (Å²) in [6.45, 7) is 5.59. The van der Waals surface area contributed by atoms with Crippen LogP contribution in [0, 0.1) is 0 Å². The third-order valence-electron chi connectivity index (χ3n) is 5.06. The van der Waals surface area contributed by atoms with Crippen molar-refractivity contribution in [2.75, 3.05) is 26.2 Å². The topological polar surface area (TPSA) is 83.3 Å². The van der Waals surface area contributed by atoms with E-state index in [1.807, 2.05) is 4.68 Å². The summed E-state index contributed by atoms with van der Waals surface area (Å²) in [6.07, 6.45) is 5.49. The Morgan fingerprint density at radius 2 is 2.07 bits per heavy atom. The second-order valence-corrected chi connectivity index (χ2v) is 7.12. The van der Waals surface area contributed by atoms with Crippen LogP contribution in [0.3, 0.4) is 0 Å². The maximum absolute atomic E-state index is 12.1. The van der Waals surface area contributed by atoms with Gasteiger partial charge in [0.25, 0.3) is 5.91 Å². The van der Waals surface area contributed by atoms with Crippen LogP contribution in [0.5, 0.6) is 0 Å². The van der Waals surface area contributed by atoms with Crippen molar-refractivity contribution in [1.29, 1.82) is 0 Å². The summed E-state index contributed by atoms with van der Waals surface area (Å²) in [5, 5.41) is 19.7. The molecule has 7 heteroatoms. The first-order chi connectivity index (χ1) is 13.2. The minimum Gasteiger partial charge on any atom is -0.396 e. The first kappa shape index (κ1) is 19.5. The third kappa shape index (κ3) is 5.37. The first-order valence-corrected chi connectivity index (χ1v) is 9.80. The van der Waals surface area contributed by atoms with Gasteiger partial charge < -0.3 is 10.4 Å². The Morgan fingerprint density at radius 3 is 2.81 bits per heavy atom. The summed E-state index contributed by atoms with van der Waals surface area (Å²) in [6, 6.07) is 9.07. The molecular weight excluding hydrogens is 342 g/mol. The van der Waals surface area contributed by atoms with Gasteiger partial charge in [-0.3, -0.25) is 9.69 Å². The van der Waals surface area contributed by atoms with E-state index in [-0.39, 0.29) is 18.6 Å². The number of amides is 1. The minimum atomic E-state index is -0.238. The maximum Gasteiger partial charge on any atom is 0.273 e. The maximum atomic E-state index is 12.1. The number of hydrogen-bond donors (Lipinski definition) is 2. The Bertz CT molecular complexity index is 728. The molecule has 1 amide bonds. The summed E-state index contributed by atoms with van der Waals surface area (Å²) in [4.78, 5) is 14.5. The molecule has 146 valence electrons. The van der Waals surface area contributed by atoms with E-state index in [1.54, 1.807) is 6.20 Å². The summed E-state index contributed by atoms with van der Waals surface area (Å²) in [5.74, 6) is -0.238. The molecule has 0 aliphatic carbocycles. The molecule has 1 aromatic carbocycles. The van der Waals surface area contributed by atoms with Crippen molar-refractivity contribution in [2.45, 2.75) is 45.2 Å². The molecule has 1 aliphatic rings. The van der Waals surface area contributed by atoms with E-state index in [1.165, 1.54) is 11.1 Å². The molecule has 1 aliphatic heterocycles. The zero-order chi connectivity index (χ0) is 19.1. The molecule has 2 heterocycles. The van der Waals surface area contributed by atoms with Gasteiger partial charge in [0.05, 0.1) is 12.2 Å². The number of aliphatic hydroxyl groups is 1. The van der Waals surface area contributed by atoms with Gasteiger partial charge in [-0.05, 0) is 43.4 Å². The Labute approximate surface area is 160 Å². The molecule has 0 spiro atoms. The molecule has 0 radical (unpaired) electrons. The van der Waals surface area contributed by atoms with E-state index in [2.05, 4.69) is 51.7 Å². The van der Waals surface area contributed by atoms with Crippen LogP contribution in [0.2, 0.25) is 0 Å². The number of likely N-dealkylation sites (tertiary alicyclic amines) is 1. The highest BCUT2D eigenvalue weighted by Crippen LogP contribution is 2.22. The van der Waals surface area contributed by atoms with Crippen LogP contribution in [0.1, 0.15) is 53.8 Å². The Morgan fingerprint density at radius 1 is 1.30 bits per heavy atom. The average Bonchev–Trinajstić information content (AvgIpc) is 3.19. The number of rotatable bonds is 8. The largest absolute Gasteiger partial charge is 0.396 e. The number of carbonyl (C=O) groups excluding carboxylic acids is 1. The fourth-order valence-electron chi connectivity index (χ4n) is 3.46. The fourth-order valence-corrected chi connectivity index (χ4v) is 3.46. The van der Waals surface area contributed by atoms with Gasteiger partial charge in [-0.1, -0.05) is 36.4 Å². The number of benzene rings is 1. The van der Waals surface area contributed by atoms with Crippen molar-refractivity contribution in [1.82, 2.24) is 25.2 Å². The monoisotopic (exact) mass is 371 g/mol. The van der Waals surface area contributed by atoms with Gasteiger partial charge in [-0.25, -0.2) is 4.68 Å². The number of aromatic nitrogens is 3. The van der Waals surface area contributed by atoms with Gasteiger partial charge in [0.2, 0.25) is 0 Å². The molecule has 1 aromatic heterocycles. The van der Waals surface area contributed by atoms with E-state index in [9.17, 15) is 4.79 Å². The number of aliphatic hydroxyl groups excluding tert-OH is 1. The van der Waals surface area contributed by atoms with Crippen LogP contribution in [-0.2, 0) is 13.0 Å². The van der Waals surface area contributed by atoms with Gasteiger partial charge in [-0.2, -0.15) is 0 Å². The van der Waals surface area contributed by atoms with Crippen LogP contribution in [0.25, 0.3) is 0 Å². The molecule has 1 fully saturated rings. The summed E-state index contributed by atoms with van der Waals surface area (Å²) in [5.41, 5.74) is 3.03. The SMILES string of the molecule is CCc1ccc(CN2CCC[C@H](n3cc(C(=O)NCCCO)nn3)C2)cc1. The number of aryl methyl sites for hydroxylation is 1. The Hall–Kier alpha value is -2.25. The van der Waals surface area contributed by atoms with E-state index in [4.69, 9.17) is 5.11 Å². The minimum absolute atomic E-state index is 0.0616. The highest BCUT2D eigenvalue weighted by Gasteiger charge is 2.23. The fraction of sp³-hybridized carbons (Fsp3) is 0.550. The number of hydrogen-bond acceptors (Lipinski definition) is 5. The molecule has 0 bridgehead atoms. The van der Waals surface area contributed by atoms with Crippen LogP contribution < -0.4 is 5.32 Å². The predicted molar refractivity (Wildman–Crippen MR) is 103 cm³/mol. The lowest BCUT2D eigenvalue weighted by Crippen LogP contribution is -2.36. The van der Waals surface area contributed by atoms with Gasteiger partial charge in [0, 0.05) is 26.2 Å². The van der Waals surface area contributed by atoms with Gasteiger partial charge in [-0.15, -0.1) is 5.10 Å². The van der Waals surface area contributed by atoms with Crippen molar-refractivity contribution in [3.8, 4) is 0 Å².